The van der Waals surface area contributed by atoms with Crippen LogP contribution in [0.15, 0.2) is 55.1 Å². The number of amides is 1. The number of nitrogens with zero attached hydrogens (tertiary/aromatic N) is 5. The summed E-state index contributed by atoms with van der Waals surface area (Å²) >= 11 is 6.59. The van der Waals surface area contributed by atoms with Gasteiger partial charge in [0.15, 0.2) is 5.82 Å². The number of carbonyl (C=O) groups excluding carboxylic acids is 1. The molecular formula is C39H36ClF6N7O3S. The molecule has 2 N–H and O–H groups in total. The molecule has 3 heterocycles. The van der Waals surface area contributed by atoms with E-state index in [0.717, 1.165) is 24.5 Å². The number of pyridine rings is 1. The normalized spacial score (nSPS) is 15.6. The minimum Gasteiger partial charge on any atom is -0.346 e. The van der Waals surface area contributed by atoms with Crippen molar-refractivity contribution in [3.05, 3.63) is 106 Å². The molecule has 0 saturated heterocycles. The van der Waals surface area contributed by atoms with Crippen LogP contribution in [0.25, 0.3) is 22.0 Å². The number of hydrogen-bond acceptors (Lipinski definition) is 6. The van der Waals surface area contributed by atoms with Crippen molar-refractivity contribution >= 4 is 44.3 Å². The van der Waals surface area contributed by atoms with Crippen LogP contribution in [0.4, 0.5) is 32.2 Å². The lowest BCUT2D eigenvalue weighted by atomic mass is 9.93. The molecular weight excluding hydrogens is 796 g/mol. The number of aromatic nitrogens is 5. The molecule has 18 heteroatoms. The van der Waals surface area contributed by atoms with Crippen molar-refractivity contribution in [2.24, 2.45) is 18.4 Å². The lowest BCUT2D eigenvalue weighted by molar-refractivity contribution is -0.123. The number of anilines is 1. The molecule has 300 valence electrons. The molecule has 0 saturated carbocycles. The highest BCUT2D eigenvalue weighted by molar-refractivity contribution is 7.92. The molecule has 0 spiro atoms. The second kappa shape index (κ2) is 15.2. The van der Waals surface area contributed by atoms with E-state index in [4.69, 9.17) is 16.6 Å². The second-order valence-electron chi connectivity index (χ2n) is 14.7. The third-order valence-electron chi connectivity index (χ3n) is 9.10. The van der Waals surface area contributed by atoms with Crippen molar-refractivity contribution in [1.29, 1.82) is 0 Å². The molecule has 0 aliphatic heterocycles. The number of aryl methyl sites for hydroxylation is 1. The van der Waals surface area contributed by atoms with Crippen molar-refractivity contribution in [2.75, 3.05) is 11.0 Å². The van der Waals surface area contributed by atoms with E-state index in [1.165, 1.54) is 10.7 Å². The summed E-state index contributed by atoms with van der Waals surface area (Å²) in [5.41, 5.74) is -1.15. The van der Waals surface area contributed by atoms with Gasteiger partial charge in [0.2, 0.25) is 15.9 Å². The quantitative estimate of drug-likeness (QED) is 0.0790. The summed E-state index contributed by atoms with van der Waals surface area (Å²) < 4.78 is 117. The van der Waals surface area contributed by atoms with Gasteiger partial charge in [-0.15, -0.1) is 6.58 Å². The van der Waals surface area contributed by atoms with E-state index in [2.05, 4.69) is 38.7 Å². The molecule has 1 aliphatic carbocycles. The first kappa shape index (κ1) is 41.3. The van der Waals surface area contributed by atoms with Crippen molar-refractivity contribution in [1.82, 2.24) is 29.9 Å². The monoisotopic (exact) mass is 831 g/mol. The fourth-order valence-electron chi connectivity index (χ4n) is 6.83. The number of halogens is 7. The molecule has 2 aromatic carbocycles. The highest BCUT2D eigenvalue weighted by atomic mass is 35.5. The first-order chi connectivity index (χ1) is 26.6. The van der Waals surface area contributed by atoms with Crippen LogP contribution in [0.3, 0.4) is 0 Å². The van der Waals surface area contributed by atoms with Crippen LogP contribution in [0.1, 0.15) is 67.1 Å². The second-order valence-corrected chi connectivity index (χ2v) is 16.9. The average molecular weight is 832 g/mol. The van der Waals surface area contributed by atoms with E-state index < -0.39 is 81.6 Å². The number of rotatable bonds is 11. The van der Waals surface area contributed by atoms with Crippen LogP contribution in [-0.4, -0.2) is 45.1 Å². The molecule has 0 radical (unpaired) electrons. The highest BCUT2D eigenvalue weighted by Gasteiger charge is 2.52. The number of sulfonamides is 1. The molecule has 3 aromatic heterocycles. The number of hydrogen-bond donors (Lipinski definition) is 2. The number of alkyl halides is 4. The van der Waals surface area contributed by atoms with Crippen molar-refractivity contribution in [2.45, 2.75) is 58.5 Å². The van der Waals surface area contributed by atoms with E-state index in [9.17, 15) is 30.8 Å². The third-order valence-corrected chi connectivity index (χ3v) is 9.98. The third kappa shape index (κ3) is 8.66. The maximum Gasteiger partial charge on any atom is 0.296 e. The predicted molar refractivity (Wildman–Crippen MR) is 203 cm³/mol. The predicted octanol–water partition coefficient (Wildman–Crippen LogP) is 8.02. The van der Waals surface area contributed by atoms with Gasteiger partial charge in [0.25, 0.3) is 12.3 Å². The molecule has 6 rings (SSSR count). The summed E-state index contributed by atoms with van der Waals surface area (Å²) in [5, 5.41) is 11.1. The van der Waals surface area contributed by atoms with Gasteiger partial charge in [-0.1, -0.05) is 29.7 Å². The van der Waals surface area contributed by atoms with Crippen molar-refractivity contribution in [3.8, 4) is 23.0 Å². The van der Waals surface area contributed by atoms with Gasteiger partial charge in [-0.2, -0.15) is 19.0 Å². The molecule has 5 aromatic rings. The fraction of sp³-hybridized carbons (Fsp3) is 0.333. The van der Waals surface area contributed by atoms with Crippen LogP contribution < -0.4 is 10.0 Å². The number of fused-ring (bicyclic) bond motifs is 2. The summed E-state index contributed by atoms with van der Waals surface area (Å²) in [6, 6.07) is 7.80. The largest absolute Gasteiger partial charge is 0.346 e. The molecule has 2 unspecified atom stereocenters. The molecule has 10 nitrogen and oxygen atoms in total. The maximum absolute atomic E-state index is 15.5. The smallest absolute Gasteiger partial charge is 0.296 e. The van der Waals surface area contributed by atoms with Gasteiger partial charge in [-0.3, -0.25) is 18.9 Å². The average Bonchev–Trinajstić information content (AvgIpc) is 3.70. The summed E-state index contributed by atoms with van der Waals surface area (Å²) in [6.07, 6.45) is -2.07. The van der Waals surface area contributed by atoms with Crippen molar-refractivity contribution in [3.63, 3.8) is 0 Å². The maximum atomic E-state index is 15.5. The van der Waals surface area contributed by atoms with E-state index >= 15 is 8.78 Å². The zero-order valence-electron chi connectivity index (χ0n) is 31.2. The van der Waals surface area contributed by atoms with Crippen LogP contribution in [-0.2, 0) is 47.2 Å². The van der Waals surface area contributed by atoms with Gasteiger partial charge in [-0.05, 0) is 75.4 Å². The van der Waals surface area contributed by atoms with Crippen LogP contribution in [0.5, 0.6) is 0 Å². The van der Waals surface area contributed by atoms with Gasteiger partial charge >= 0.3 is 0 Å². The minimum absolute atomic E-state index is 0.0680. The molecule has 2 atom stereocenters. The Morgan fingerprint density at radius 1 is 1.09 bits per heavy atom. The SMILES string of the molecule is C=CC1Cc2c(C(F)F)nn(CC(=O)NC(Cc3cc(F)cc(F)c3)c3nc(C#CC(C)(C)C)ccc3-c3ccc(Cl)c4c(NS(C)(=O)=O)nn(C)c34)c2C1(F)F. The van der Waals surface area contributed by atoms with Crippen LogP contribution in [0, 0.1) is 34.8 Å². The van der Waals surface area contributed by atoms with Crippen LogP contribution in [0.2, 0.25) is 5.02 Å². The van der Waals surface area contributed by atoms with Gasteiger partial charge in [0.05, 0.1) is 39.8 Å². The van der Waals surface area contributed by atoms with E-state index in [-0.39, 0.29) is 45.2 Å². The van der Waals surface area contributed by atoms with Crippen LogP contribution >= 0.6 is 11.6 Å². The zero-order chi connectivity index (χ0) is 41.8. The Kier molecular flexibility index (Phi) is 11.0. The first-order valence-corrected chi connectivity index (χ1v) is 19.6. The Balaban J connectivity index is 1.54. The summed E-state index contributed by atoms with van der Waals surface area (Å²) in [6.45, 7) is 8.10. The number of nitrogens with one attached hydrogen (secondary N) is 2. The summed E-state index contributed by atoms with van der Waals surface area (Å²) in [5.74, 6) is -1.98. The Labute approximate surface area is 329 Å². The Morgan fingerprint density at radius 2 is 1.75 bits per heavy atom. The zero-order valence-corrected chi connectivity index (χ0v) is 32.8. The fourth-order valence-corrected chi connectivity index (χ4v) is 7.56. The molecule has 1 amide bonds. The number of carbonyl (C=O) groups is 1. The summed E-state index contributed by atoms with van der Waals surface area (Å²) in [4.78, 5) is 18.8. The van der Waals surface area contributed by atoms with Gasteiger partial charge in [0.1, 0.15) is 35.3 Å². The van der Waals surface area contributed by atoms with E-state index in [1.807, 2.05) is 20.8 Å². The van der Waals surface area contributed by atoms with E-state index in [0.29, 0.717) is 27.4 Å². The molecule has 0 bridgehead atoms. The molecule has 57 heavy (non-hydrogen) atoms. The lowest BCUT2D eigenvalue weighted by Gasteiger charge is -2.23. The number of benzene rings is 2. The van der Waals surface area contributed by atoms with Gasteiger partial charge in [-0.25, -0.2) is 31.0 Å². The van der Waals surface area contributed by atoms with E-state index in [1.54, 1.807) is 25.2 Å². The highest BCUT2D eigenvalue weighted by Crippen LogP contribution is 2.49. The van der Waals surface area contributed by atoms with Crippen molar-refractivity contribution < 1.29 is 39.6 Å². The standard InChI is InChI=1S/C39H36ClF6N7O3S/c1-7-21-17-27-33(36(43)44)49-53(35(27)39(21,45)46)19-30(54)48-29(16-20-14-22(41)18-23(42)15-20)32-25(9-8-24(47-32)12-13-38(2,3)4)26-10-11-28(40)31-34(26)52(5)50-37(31)51-57(6,55)56/h7-11,14-15,18,21,29,36H,1,16-17,19H2,2-6H3,(H,48,54)(H,50,51). The Bertz CT molecular complexity index is 2590. The first-order valence-electron chi connectivity index (χ1n) is 17.4. The van der Waals surface area contributed by atoms with Gasteiger partial charge in [0, 0.05) is 35.2 Å². The Hall–Kier alpha value is -5.34. The topological polar surface area (TPSA) is 124 Å². The Morgan fingerprint density at radius 3 is 2.37 bits per heavy atom. The lowest BCUT2D eigenvalue weighted by Crippen LogP contribution is -2.35. The molecule has 0 fully saturated rings. The number of allylic oxidation sites excluding steroid dienone is 1. The molecule has 1 aliphatic rings. The van der Waals surface area contributed by atoms with Gasteiger partial charge < -0.3 is 5.32 Å². The minimum atomic E-state index is -3.82. The summed E-state index contributed by atoms with van der Waals surface area (Å²) in [7, 11) is -2.27.